The summed E-state index contributed by atoms with van der Waals surface area (Å²) in [5.74, 6) is -2.50. The molecule has 7 nitrogen and oxygen atoms in total. The molecule has 1 heterocycles. The topological polar surface area (TPSA) is 129 Å². The van der Waals surface area contributed by atoms with Crippen molar-refractivity contribution >= 4 is 43.5 Å². The van der Waals surface area contributed by atoms with Crippen LogP contribution in [-0.4, -0.2) is 42.1 Å². The Morgan fingerprint density at radius 1 is 1.38 bits per heavy atom. The average molecular weight is 468 g/mol. The van der Waals surface area contributed by atoms with Gasteiger partial charge in [0.25, 0.3) is 0 Å². The summed E-state index contributed by atoms with van der Waals surface area (Å²) in [6.45, 7) is 0. The van der Waals surface area contributed by atoms with Crippen molar-refractivity contribution in [3.63, 3.8) is 0 Å². The highest BCUT2D eigenvalue weighted by Gasteiger charge is 2.47. The highest BCUT2D eigenvalue weighted by atomic mass is 35.5. The van der Waals surface area contributed by atoms with Gasteiger partial charge in [-0.2, -0.15) is 0 Å². The number of rotatable bonds is 6. The number of aliphatic carboxylic acids is 1. The number of halogens is 3. The smallest absolute Gasteiger partial charge is 0.374 e. The van der Waals surface area contributed by atoms with Crippen LogP contribution in [0.4, 0.5) is 13.6 Å². The molecule has 160 valence electrons. The SMILES string of the molecule is Cl.NC(CC(=O)O)S(SC(=O)O)(c1ncc[nH]1)C1CCc2c(F)cc(F)cc2C1. The zero-order valence-corrected chi connectivity index (χ0v) is 17.5. The van der Waals surface area contributed by atoms with Crippen LogP contribution in [0.15, 0.2) is 29.7 Å². The zero-order chi connectivity index (χ0) is 20.5. The summed E-state index contributed by atoms with van der Waals surface area (Å²) < 4.78 is 27.9. The van der Waals surface area contributed by atoms with Crippen molar-refractivity contribution in [3.8, 4) is 0 Å². The van der Waals surface area contributed by atoms with E-state index < -0.39 is 49.0 Å². The van der Waals surface area contributed by atoms with Gasteiger partial charge in [-0.1, -0.05) is 0 Å². The van der Waals surface area contributed by atoms with Gasteiger partial charge in [-0.05, 0) is 36.5 Å². The molecular formula is C17H20ClF2N3O4S2. The quantitative estimate of drug-likeness (QED) is 0.474. The van der Waals surface area contributed by atoms with E-state index in [2.05, 4.69) is 9.97 Å². The van der Waals surface area contributed by atoms with Crippen molar-refractivity contribution < 1.29 is 28.6 Å². The lowest BCUT2D eigenvalue weighted by atomic mass is 9.91. The molecule has 3 atom stereocenters. The molecule has 5 N–H and O–H groups in total. The Morgan fingerprint density at radius 2 is 2.10 bits per heavy atom. The number of hydrogen-bond donors (Lipinski definition) is 4. The van der Waals surface area contributed by atoms with E-state index in [9.17, 15) is 28.6 Å². The van der Waals surface area contributed by atoms with Crippen molar-refractivity contribution in [1.29, 1.82) is 0 Å². The number of nitrogens with one attached hydrogen (secondary N) is 1. The van der Waals surface area contributed by atoms with Gasteiger partial charge in [-0.15, -0.1) is 21.5 Å². The van der Waals surface area contributed by atoms with Crippen LogP contribution in [0.1, 0.15) is 24.0 Å². The summed E-state index contributed by atoms with van der Waals surface area (Å²) in [6, 6.07) is 2.07. The van der Waals surface area contributed by atoms with E-state index in [0.29, 0.717) is 33.5 Å². The molecule has 1 aliphatic rings. The second-order valence-corrected chi connectivity index (χ2v) is 12.0. The number of nitrogens with two attached hydrogens (primary N) is 1. The minimum Gasteiger partial charge on any atom is -0.481 e. The number of hydrogen-bond acceptors (Lipinski definition) is 5. The Balaban J connectivity index is 0.00000300. The molecule has 3 unspecified atom stereocenters. The van der Waals surface area contributed by atoms with Gasteiger partial charge in [0.15, 0.2) is 5.16 Å². The Morgan fingerprint density at radius 3 is 2.69 bits per heavy atom. The number of aromatic amines is 1. The van der Waals surface area contributed by atoms with Crippen LogP contribution < -0.4 is 5.73 Å². The lowest BCUT2D eigenvalue weighted by Gasteiger charge is -2.47. The molecule has 29 heavy (non-hydrogen) atoms. The standard InChI is InChI=1S/C17H19F2N3O4S2.ClH/c18-10-5-9-6-11(1-2-12(9)13(19)7-10)28(27-17(25)26,14(20)8-15(23)24)16-21-3-4-22-16;/h3-5,7,11,14H,1-2,6,8,20H2,(H,21,22)(H,23,24)(H,25,26);1H. The molecule has 0 radical (unpaired) electrons. The maximum absolute atomic E-state index is 14.1. The molecular weight excluding hydrogens is 448 g/mol. The van der Waals surface area contributed by atoms with Crippen molar-refractivity contribution in [3.05, 3.63) is 47.3 Å². The van der Waals surface area contributed by atoms with Gasteiger partial charge in [-0.25, -0.2) is 18.6 Å². The first-order chi connectivity index (χ1) is 13.2. The van der Waals surface area contributed by atoms with Crippen LogP contribution in [0, 0.1) is 11.6 Å². The normalized spacial score (nSPS) is 19.9. The van der Waals surface area contributed by atoms with Crippen LogP contribution in [-0.2, 0) is 17.6 Å². The van der Waals surface area contributed by atoms with Gasteiger partial charge < -0.3 is 20.9 Å². The second-order valence-electron chi connectivity index (χ2n) is 6.42. The molecule has 0 bridgehead atoms. The predicted octanol–water partition coefficient (Wildman–Crippen LogP) is 3.92. The number of carboxylic acids is 1. The van der Waals surface area contributed by atoms with Crippen LogP contribution in [0.3, 0.4) is 0 Å². The summed E-state index contributed by atoms with van der Waals surface area (Å²) in [5.41, 5.74) is 7.12. The summed E-state index contributed by atoms with van der Waals surface area (Å²) in [7, 11) is -2.00. The van der Waals surface area contributed by atoms with Crippen LogP contribution in [0.2, 0.25) is 0 Å². The van der Waals surface area contributed by atoms with Gasteiger partial charge in [-0.3, -0.25) is 4.79 Å². The molecule has 0 spiro atoms. The Labute approximate surface area is 176 Å². The van der Waals surface area contributed by atoms with E-state index in [1.807, 2.05) is 0 Å². The third-order valence-electron chi connectivity index (χ3n) is 4.72. The molecule has 12 heteroatoms. The zero-order valence-electron chi connectivity index (χ0n) is 15.0. The van der Waals surface area contributed by atoms with E-state index in [4.69, 9.17) is 5.73 Å². The molecule has 1 aromatic carbocycles. The van der Waals surface area contributed by atoms with Crippen molar-refractivity contribution in [1.82, 2.24) is 9.97 Å². The highest BCUT2D eigenvalue weighted by Crippen LogP contribution is 2.72. The number of carbonyl (C=O) groups is 2. The van der Waals surface area contributed by atoms with Gasteiger partial charge >= 0.3 is 11.3 Å². The molecule has 1 aliphatic carbocycles. The molecule has 0 aliphatic heterocycles. The van der Waals surface area contributed by atoms with Crippen molar-refractivity contribution in [2.24, 2.45) is 5.73 Å². The number of imidazole rings is 1. The molecule has 0 amide bonds. The monoisotopic (exact) mass is 467 g/mol. The molecule has 0 fully saturated rings. The molecule has 0 saturated heterocycles. The Kier molecular flexibility index (Phi) is 7.55. The molecule has 1 aromatic heterocycles. The van der Waals surface area contributed by atoms with Gasteiger partial charge in [0.2, 0.25) is 0 Å². The second kappa shape index (κ2) is 9.33. The van der Waals surface area contributed by atoms with Crippen molar-refractivity contribution in [2.75, 3.05) is 0 Å². The lowest BCUT2D eigenvalue weighted by Crippen LogP contribution is -2.38. The van der Waals surface area contributed by atoms with Crippen LogP contribution >= 0.6 is 32.3 Å². The van der Waals surface area contributed by atoms with E-state index in [1.54, 1.807) is 0 Å². The van der Waals surface area contributed by atoms with E-state index >= 15 is 0 Å². The minimum absolute atomic E-state index is 0. The van der Waals surface area contributed by atoms with Gasteiger partial charge in [0.05, 0.1) is 11.8 Å². The largest absolute Gasteiger partial charge is 0.481 e. The van der Waals surface area contributed by atoms with E-state index in [0.717, 1.165) is 6.07 Å². The average Bonchev–Trinajstić information content (AvgIpc) is 3.12. The number of benzene rings is 1. The van der Waals surface area contributed by atoms with Crippen molar-refractivity contribution in [2.45, 2.75) is 41.5 Å². The summed E-state index contributed by atoms with van der Waals surface area (Å²) in [6.07, 6.45) is 3.37. The lowest BCUT2D eigenvalue weighted by molar-refractivity contribution is -0.136. The third kappa shape index (κ3) is 4.68. The predicted molar refractivity (Wildman–Crippen MR) is 110 cm³/mol. The Bertz CT molecular complexity index is 903. The van der Waals surface area contributed by atoms with E-state index in [-0.39, 0.29) is 25.2 Å². The first kappa shape index (κ1) is 23.5. The first-order valence-electron chi connectivity index (χ1n) is 8.41. The molecule has 2 aromatic rings. The van der Waals surface area contributed by atoms with E-state index in [1.165, 1.54) is 18.5 Å². The number of nitrogens with zero attached hydrogens (tertiary/aromatic N) is 1. The summed E-state index contributed by atoms with van der Waals surface area (Å²) in [4.78, 5) is 30.2. The van der Waals surface area contributed by atoms with Crippen LogP contribution in [0.5, 0.6) is 0 Å². The first-order valence-corrected chi connectivity index (χ1v) is 11.5. The fraction of sp³-hybridized carbons (Fsp3) is 0.353. The maximum atomic E-state index is 14.1. The third-order valence-corrected chi connectivity index (χ3v) is 11.7. The number of fused-ring (bicyclic) bond motifs is 1. The Hall–Kier alpha value is -1.82. The highest BCUT2D eigenvalue weighted by molar-refractivity contribution is 8.98. The maximum Gasteiger partial charge on any atom is 0.374 e. The number of aromatic nitrogens is 2. The van der Waals surface area contributed by atoms with Gasteiger partial charge in [0.1, 0.15) is 11.6 Å². The number of H-pyrrole nitrogens is 1. The molecule has 3 rings (SSSR count). The summed E-state index contributed by atoms with van der Waals surface area (Å²) >= 11 is 0. The summed E-state index contributed by atoms with van der Waals surface area (Å²) in [5, 5.41) is 16.5. The van der Waals surface area contributed by atoms with Crippen LogP contribution in [0.25, 0.3) is 0 Å². The minimum atomic E-state index is -2.57. The van der Waals surface area contributed by atoms with Gasteiger partial charge in [0, 0.05) is 34.5 Å². The fourth-order valence-electron chi connectivity index (χ4n) is 3.63. The number of carboxylic acid groups (broad SMARTS) is 2. The fourth-order valence-corrected chi connectivity index (χ4v) is 9.76. The molecule has 0 saturated carbocycles.